The van der Waals surface area contributed by atoms with Crippen molar-refractivity contribution in [3.05, 3.63) is 24.0 Å². The van der Waals surface area contributed by atoms with Crippen molar-refractivity contribution in [1.29, 1.82) is 0 Å². The quantitative estimate of drug-likeness (QED) is 0.878. The van der Waals surface area contributed by atoms with Crippen LogP contribution in [0.4, 0.5) is 5.95 Å². The highest BCUT2D eigenvalue weighted by Crippen LogP contribution is 2.43. The van der Waals surface area contributed by atoms with Crippen LogP contribution >= 0.6 is 0 Å². The Morgan fingerprint density at radius 1 is 1.27 bits per heavy atom. The van der Waals surface area contributed by atoms with E-state index in [1.54, 1.807) is 17.9 Å². The fourth-order valence-electron chi connectivity index (χ4n) is 3.66. The Labute approximate surface area is 151 Å². The van der Waals surface area contributed by atoms with Crippen molar-refractivity contribution in [2.24, 2.45) is 20.0 Å². The molecule has 1 aliphatic heterocycles. The minimum Gasteiger partial charge on any atom is -0.336 e. The number of carbonyl (C=O) groups excluding carboxylic acids is 2. The van der Waals surface area contributed by atoms with Gasteiger partial charge in [0.1, 0.15) is 17.7 Å². The predicted molar refractivity (Wildman–Crippen MR) is 92.9 cm³/mol. The number of carbonyl (C=O) groups is 2. The molecule has 138 valence electrons. The van der Waals surface area contributed by atoms with Gasteiger partial charge in [-0.25, -0.2) is 4.98 Å². The van der Waals surface area contributed by atoms with Gasteiger partial charge in [0.25, 0.3) is 0 Å². The molecule has 0 radical (unpaired) electrons. The van der Waals surface area contributed by atoms with Gasteiger partial charge in [0, 0.05) is 39.0 Å². The van der Waals surface area contributed by atoms with E-state index in [0.717, 1.165) is 24.5 Å². The maximum absolute atomic E-state index is 13.0. The number of amides is 2. The average molecular weight is 357 g/mol. The third kappa shape index (κ3) is 2.87. The largest absolute Gasteiger partial charge is 0.336 e. The van der Waals surface area contributed by atoms with Crippen molar-refractivity contribution in [1.82, 2.24) is 29.2 Å². The van der Waals surface area contributed by atoms with Crippen LogP contribution < -0.4 is 5.32 Å². The first-order chi connectivity index (χ1) is 12.5. The Morgan fingerprint density at radius 2 is 2.04 bits per heavy atom. The Bertz CT molecular complexity index is 832. The molecule has 2 aromatic heterocycles. The number of hydrogen-bond donors (Lipinski definition) is 1. The van der Waals surface area contributed by atoms with Gasteiger partial charge in [-0.05, 0) is 26.2 Å². The summed E-state index contributed by atoms with van der Waals surface area (Å²) in [7, 11) is 3.67. The molecule has 0 spiro atoms. The van der Waals surface area contributed by atoms with Gasteiger partial charge in [0.2, 0.25) is 17.8 Å². The number of aromatic nitrogens is 5. The van der Waals surface area contributed by atoms with Gasteiger partial charge in [0.15, 0.2) is 0 Å². The van der Waals surface area contributed by atoms with Gasteiger partial charge >= 0.3 is 0 Å². The molecule has 2 fully saturated rings. The molecule has 3 heterocycles. The van der Waals surface area contributed by atoms with Crippen LogP contribution in [0.2, 0.25) is 0 Å². The molecule has 2 aromatic rings. The van der Waals surface area contributed by atoms with Crippen LogP contribution in [0.25, 0.3) is 0 Å². The molecule has 9 heteroatoms. The number of likely N-dealkylation sites (tertiary alicyclic amines) is 1. The van der Waals surface area contributed by atoms with Gasteiger partial charge < -0.3 is 9.47 Å². The fourth-order valence-corrected chi connectivity index (χ4v) is 3.66. The number of hydrogen-bond acceptors (Lipinski definition) is 5. The molecule has 0 unspecified atom stereocenters. The van der Waals surface area contributed by atoms with Crippen molar-refractivity contribution in [2.45, 2.75) is 44.7 Å². The second-order valence-electron chi connectivity index (χ2n) is 7.11. The number of nitrogens with zero attached hydrogens (tertiary/aromatic N) is 6. The molecule has 1 saturated heterocycles. The standard InChI is InChI=1S/C17H23N7O2/c1-10-19-17(21-23(10)3)20-16(26)12-6-7-13(25)24(11-4-5-11)14(12)15-18-8-9-22(15)2/h8-9,11-12,14H,4-7H2,1-3H3,(H,20,21,26)/t12-,14-/m0/s1. The van der Waals surface area contributed by atoms with Gasteiger partial charge in [0.05, 0.1) is 5.92 Å². The normalized spacial score (nSPS) is 23.3. The lowest BCUT2D eigenvalue weighted by molar-refractivity contribution is -0.143. The van der Waals surface area contributed by atoms with E-state index in [1.807, 2.05) is 29.6 Å². The summed E-state index contributed by atoms with van der Waals surface area (Å²) < 4.78 is 3.51. The van der Waals surface area contributed by atoms with Crippen molar-refractivity contribution < 1.29 is 9.59 Å². The molecule has 2 atom stereocenters. The zero-order valence-corrected chi connectivity index (χ0v) is 15.2. The van der Waals surface area contributed by atoms with E-state index < -0.39 is 0 Å². The summed E-state index contributed by atoms with van der Waals surface area (Å²) in [5, 5.41) is 7.03. The van der Waals surface area contributed by atoms with Gasteiger partial charge in [-0.1, -0.05) is 0 Å². The first kappa shape index (κ1) is 16.7. The van der Waals surface area contributed by atoms with Crippen molar-refractivity contribution in [3.63, 3.8) is 0 Å². The van der Waals surface area contributed by atoms with Gasteiger partial charge in [-0.3, -0.25) is 19.6 Å². The molecule has 2 aliphatic rings. The van der Waals surface area contributed by atoms with E-state index in [0.29, 0.717) is 18.8 Å². The molecule has 9 nitrogen and oxygen atoms in total. The van der Waals surface area contributed by atoms with Gasteiger partial charge in [-0.15, -0.1) is 5.10 Å². The lowest BCUT2D eigenvalue weighted by Crippen LogP contribution is -2.48. The van der Waals surface area contributed by atoms with E-state index in [9.17, 15) is 9.59 Å². The third-order valence-electron chi connectivity index (χ3n) is 5.25. The summed E-state index contributed by atoms with van der Waals surface area (Å²) in [4.78, 5) is 36.2. The van der Waals surface area contributed by atoms with E-state index in [1.165, 1.54) is 0 Å². The zero-order chi connectivity index (χ0) is 18.4. The minimum atomic E-state index is -0.376. The number of anilines is 1. The summed E-state index contributed by atoms with van der Waals surface area (Å²) in [6, 6.07) is -0.136. The number of piperidine rings is 1. The van der Waals surface area contributed by atoms with E-state index in [4.69, 9.17) is 0 Å². The lowest BCUT2D eigenvalue weighted by atomic mass is 9.87. The highest BCUT2D eigenvalue weighted by Gasteiger charge is 2.48. The maximum atomic E-state index is 13.0. The fraction of sp³-hybridized carbons (Fsp3) is 0.588. The molecule has 2 amide bonds. The summed E-state index contributed by atoms with van der Waals surface area (Å²) in [5.41, 5.74) is 0. The van der Waals surface area contributed by atoms with Crippen LogP contribution in [0.1, 0.15) is 43.4 Å². The average Bonchev–Trinajstić information content (AvgIpc) is 3.26. The van der Waals surface area contributed by atoms with Crippen LogP contribution in [0, 0.1) is 12.8 Å². The molecule has 1 aliphatic carbocycles. The Balaban J connectivity index is 1.64. The monoisotopic (exact) mass is 357 g/mol. The van der Waals surface area contributed by atoms with Crippen molar-refractivity contribution >= 4 is 17.8 Å². The van der Waals surface area contributed by atoms with E-state index in [2.05, 4.69) is 20.4 Å². The first-order valence-corrected chi connectivity index (χ1v) is 8.92. The summed E-state index contributed by atoms with van der Waals surface area (Å²) >= 11 is 0. The zero-order valence-electron chi connectivity index (χ0n) is 15.2. The predicted octanol–water partition coefficient (Wildman–Crippen LogP) is 0.938. The summed E-state index contributed by atoms with van der Waals surface area (Å²) in [6.45, 7) is 1.83. The third-order valence-corrected chi connectivity index (χ3v) is 5.25. The molecule has 1 N–H and O–H groups in total. The Morgan fingerprint density at radius 3 is 2.62 bits per heavy atom. The number of rotatable bonds is 4. The van der Waals surface area contributed by atoms with Crippen molar-refractivity contribution in [3.8, 4) is 0 Å². The van der Waals surface area contributed by atoms with Crippen LogP contribution in [0.5, 0.6) is 0 Å². The Hall–Kier alpha value is -2.71. The molecule has 0 aromatic carbocycles. The smallest absolute Gasteiger partial charge is 0.248 e. The van der Waals surface area contributed by atoms with Crippen LogP contribution in [-0.4, -0.2) is 47.1 Å². The molecular weight excluding hydrogens is 334 g/mol. The molecule has 0 bridgehead atoms. The Kier molecular flexibility index (Phi) is 4.01. The van der Waals surface area contributed by atoms with Crippen LogP contribution in [0.3, 0.4) is 0 Å². The maximum Gasteiger partial charge on any atom is 0.248 e. The molecular formula is C17H23N7O2. The number of nitrogens with one attached hydrogen (secondary N) is 1. The van der Waals surface area contributed by atoms with E-state index in [-0.39, 0.29) is 29.8 Å². The molecule has 4 rings (SSSR count). The lowest BCUT2D eigenvalue weighted by Gasteiger charge is -2.40. The second-order valence-corrected chi connectivity index (χ2v) is 7.11. The van der Waals surface area contributed by atoms with Gasteiger partial charge in [-0.2, -0.15) is 4.98 Å². The molecule has 1 saturated carbocycles. The minimum absolute atomic E-state index is 0.108. The summed E-state index contributed by atoms with van der Waals surface area (Å²) in [5.74, 6) is 1.33. The van der Waals surface area contributed by atoms with Crippen LogP contribution in [-0.2, 0) is 23.7 Å². The van der Waals surface area contributed by atoms with Crippen molar-refractivity contribution in [2.75, 3.05) is 5.32 Å². The number of imidazole rings is 1. The van der Waals surface area contributed by atoms with Crippen LogP contribution in [0.15, 0.2) is 12.4 Å². The first-order valence-electron chi connectivity index (χ1n) is 8.92. The highest BCUT2D eigenvalue weighted by atomic mass is 16.2. The SMILES string of the molecule is Cc1nc(NC(=O)[C@H]2CCC(=O)N(C3CC3)[C@@H]2c2nccn2C)nn1C. The topological polar surface area (TPSA) is 97.9 Å². The highest BCUT2D eigenvalue weighted by molar-refractivity contribution is 5.93. The van der Waals surface area contributed by atoms with E-state index >= 15 is 0 Å². The second kappa shape index (κ2) is 6.22. The summed E-state index contributed by atoms with van der Waals surface area (Å²) in [6.07, 6.45) is 6.40. The molecule has 26 heavy (non-hydrogen) atoms. The number of aryl methyl sites for hydroxylation is 3.